The summed E-state index contributed by atoms with van der Waals surface area (Å²) in [5, 5.41) is 6.47. The molecule has 116 valence electrons. The van der Waals surface area contributed by atoms with E-state index in [9.17, 15) is 8.78 Å². The van der Waals surface area contributed by atoms with Crippen LogP contribution < -0.4 is 10.6 Å². The summed E-state index contributed by atoms with van der Waals surface area (Å²) in [6.07, 6.45) is 0. The Hall–Kier alpha value is -2.01. The maximum atomic E-state index is 13.7. The lowest BCUT2D eigenvalue weighted by Crippen LogP contribution is -2.31. The Morgan fingerprint density at radius 2 is 1.68 bits per heavy atom. The van der Waals surface area contributed by atoms with Gasteiger partial charge in [-0.2, -0.15) is 0 Å². The lowest BCUT2D eigenvalue weighted by molar-refractivity contribution is 0.554. The second kappa shape index (κ2) is 6.83. The summed E-state index contributed by atoms with van der Waals surface area (Å²) in [6.45, 7) is 5.78. The average molecular weight is 320 g/mol. The number of thiocarbonyl (C=S) groups is 1. The molecule has 0 unspecified atom stereocenters. The number of halogens is 2. The third kappa shape index (κ3) is 4.24. The maximum Gasteiger partial charge on any atom is 0.171 e. The molecule has 0 saturated carbocycles. The van der Waals surface area contributed by atoms with Crippen LogP contribution >= 0.6 is 12.2 Å². The second-order valence-corrected chi connectivity index (χ2v) is 5.77. The van der Waals surface area contributed by atoms with Gasteiger partial charge in [0.1, 0.15) is 11.6 Å². The highest BCUT2D eigenvalue weighted by atomic mass is 32.1. The minimum Gasteiger partial charge on any atom is -0.356 e. The number of benzene rings is 2. The first-order valence-corrected chi connectivity index (χ1v) is 7.37. The fourth-order valence-corrected chi connectivity index (χ4v) is 2.64. The third-order valence-electron chi connectivity index (χ3n) is 3.26. The molecule has 0 saturated heterocycles. The monoisotopic (exact) mass is 320 g/mol. The van der Waals surface area contributed by atoms with E-state index in [1.54, 1.807) is 6.92 Å². The molecule has 1 atom stereocenters. The molecule has 0 amide bonds. The lowest BCUT2D eigenvalue weighted by Gasteiger charge is -2.18. The van der Waals surface area contributed by atoms with Crippen molar-refractivity contribution < 1.29 is 8.78 Å². The molecular formula is C17H18F2N2S. The van der Waals surface area contributed by atoms with Crippen LogP contribution in [0.1, 0.15) is 29.7 Å². The normalized spacial score (nSPS) is 11.9. The van der Waals surface area contributed by atoms with Crippen molar-refractivity contribution in [2.24, 2.45) is 0 Å². The molecule has 0 aliphatic rings. The quantitative estimate of drug-likeness (QED) is 0.806. The van der Waals surface area contributed by atoms with Crippen molar-refractivity contribution in [3.05, 3.63) is 64.7 Å². The van der Waals surface area contributed by atoms with E-state index in [1.807, 2.05) is 26.0 Å². The van der Waals surface area contributed by atoms with E-state index in [2.05, 4.69) is 16.7 Å². The van der Waals surface area contributed by atoms with Crippen molar-refractivity contribution in [1.82, 2.24) is 5.32 Å². The van der Waals surface area contributed by atoms with Crippen molar-refractivity contribution >= 4 is 23.0 Å². The molecule has 22 heavy (non-hydrogen) atoms. The van der Waals surface area contributed by atoms with Gasteiger partial charge in [-0.3, -0.25) is 0 Å². The van der Waals surface area contributed by atoms with E-state index in [0.717, 1.165) is 22.9 Å². The van der Waals surface area contributed by atoms with Crippen molar-refractivity contribution in [2.45, 2.75) is 26.8 Å². The predicted octanol–water partition coefficient (Wildman–Crippen LogP) is 4.63. The first kappa shape index (κ1) is 16.4. The Morgan fingerprint density at radius 1 is 1.05 bits per heavy atom. The van der Waals surface area contributed by atoms with Crippen LogP contribution in [0.3, 0.4) is 0 Å². The summed E-state index contributed by atoms with van der Waals surface area (Å²) in [5.74, 6) is -1.18. The fourth-order valence-electron chi connectivity index (χ4n) is 2.34. The van der Waals surface area contributed by atoms with Crippen molar-refractivity contribution in [3.63, 3.8) is 0 Å². The van der Waals surface area contributed by atoms with Crippen molar-refractivity contribution in [1.29, 1.82) is 0 Å². The SMILES string of the molecule is Cc1cc(C)cc(NC(=S)N[C@@H](C)c2ccc(F)cc2F)c1. The molecule has 2 nitrogen and oxygen atoms in total. The van der Waals surface area contributed by atoms with Crippen LogP contribution in [-0.2, 0) is 0 Å². The Labute approximate surface area is 134 Å². The van der Waals surface area contributed by atoms with Crippen LogP contribution in [0, 0.1) is 25.5 Å². The molecule has 0 aromatic heterocycles. The van der Waals surface area contributed by atoms with Crippen LogP contribution in [0.4, 0.5) is 14.5 Å². The van der Waals surface area contributed by atoms with Gasteiger partial charge in [0.25, 0.3) is 0 Å². The molecule has 0 aliphatic carbocycles. The average Bonchev–Trinajstić information content (AvgIpc) is 2.36. The van der Waals surface area contributed by atoms with Gasteiger partial charge in [-0.05, 0) is 62.3 Å². The first-order valence-electron chi connectivity index (χ1n) is 6.96. The van der Waals surface area contributed by atoms with E-state index >= 15 is 0 Å². The van der Waals surface area contributed by atoms with E-state index in [-0.39, 0.29) is 6.04 Å². The van der Waals surface area contributed by atoms with E-state index in [4.69, 9.17) is 12.2 Å². The van der Waals surface area contributed by atoms with Crippen LogP contribution in [0.2, 0.25) is 0 Å². The van der Waals surface area contributed by atoms with Crippen LogP contribution in [-0.4, -0.2) is 5.11 Å². The lowest BCUT2D eigenvalue weighted by atomic mass is 10.1. The largest absolute Gasteiger partial charge is 0.356 e. The molecule has 2 aromatic carbocycles. The molecule has 2 aromatic rings. The maximum absolute atomic E-state index is 13.7. The Bertz CT molecular complexity index is 681. The third-order valence-corrected chi connectivity index (χ3v) is 3.48. The highest BCUT2D eigenvalue weighted by Gasteiger charge is 2.12. The highest BCUT2D eigenvalue weighted by Crippen LogP contribution is 2.18. The van der Waals surface area contributed by atoms with Gasteiger partial charge >= 0.3 is 0 Å². The molecule has 0 heterocycles. The minimum absolute atomic E-state index is 0.367. The summed E-state index contributed by atoms with van der Waals surface area (Å²) < 4.78 is 26.7. The van der Waals surface area contributed by atoms with Crippen LogP contribution in [0.5, 0.6) is 0 Å². The zero-order chi connectivity index (χ0) is 16.3. The number of hydrogen-bond donors (Lipinski definition) is 2. The molecule has 0 fully saturated rings. The molecule has 0 spiro atoms. The van der Waals surface area contributed by atoms with Crippen LogP contribution in [0.25, 0.3) is 0 Å². The van der Waals surface area contributed by atoms with Gasteiger partial charge in [0.2, 0.25) is 0 Å². The zero-order valence-corrected chi connectivity index (χ0v) is 13.5. The topological polar surface area (TPSA) is 24.1 Å². The Morgan fingerprint density at radius 3 is 2.27 bits per heavy atom. The van der Waals surface area contributed by atoms with Gasteiger partial charge in [-0.25, -0.2) is 8.78 Å². The molecular weight excluding hydrogens is 302 g/mol. The molecule has 0 radical (unpaired) electrons. The van der Waals surface area contributed by atoms with E-state index < -0.39 is 11.6 Å². The standard InChI is InChI=1S/C17H18F2N2S/c1-10-6-11(2)8-14(7-10)21-17(22)20-12(3)15-5-4-13(18)9-16(15)19/h4-9,12H,1-3H3,(H2,20,21,22)/t12-/m0/s1. The van der Waals surface area contributed by atoms with Gasteiger partial charge in [-0.15, -0.1) is 0 Å². The number of hydrogen-bond acceptors (Lipinski definition) is 1. The fraction of sp³-hybridized carbons (Fsp3) is 0.235. The Balaban J connectivity index is 2.05. The molecule has 5 heteroatoms. The highest BCUT2D eigenvalue weighted by molar-refractivity contribution is 7.80. The summed E-state index contributed by atoms with van der Waals surface area (Å²) in [7, 11) is 0. The van der Waals surface area contributed by atoms with E-state index in [0.29, 0.717) is 10.7 Å². The number of aryl methyl sites for hydroxylation is 2. The summed E-state index contributed by atoms with van der Waals surface area (Å²) in [4.78, 5) is 0. The van der Waals surface area contributed by atoms with Gasteiger partial charge < -0.3 is 10.6 Å². The van der Waals surface area contributed by atoms with Crippen molar-refractivity contribution in [2.75, 3.05) is 5.32 Å². The number of anilines is 1. The Kier molecular flexibility index (Phi) is 5.08. The second-order valence-electron chi connectivity index (χ2n) is 5.36. The number of rotatable bonds is 3. The summed E-state index contributed by atoms with van der Waals surface area (Å²) >= 11 is 5.25. The van der Waals surface area contributed by atoms with Gasteiger partial charge in [0.15, 0.2) is 5.11 Å². The zero-order valence-electron chi connectivity index (χ0n) is 12.7. The molecule has 2 N–H and O–H groups in total. The number of nitrogens with one attached hydrogen (secondary N) is 2. The molecule has 2 rings (SSSR count). The molecule has 0 aliphatic heterocycles. The van der Waals surface area contributed by atoms with Crippen LogP contribution in [0.15, 0.2) is 36.4 Å². The van der Waals surface area contributed by atoms with Gasteiger partial charge in [-0.1, -0.05) is 12.1 Å². The molecule has 0 bridgehead atoms. The minimum atomic E-state index is -0.593. The summed E-state index contributed by atoms with van der Waals surface area (Å²) in [6, 6.07) is 9.17. The first-order chi connectivity index (χ1) is 10.3. The van der Waals surface area contributed by atoms with E-state index in [1.165, 1.54) is 12.1 Å². The summed E-state index contributed by atoms with van der Waals surface area (Å²) in [5.41, 5.74) is 3.50. The predicted molar refractivity (Wildman–Crippen MR) is 90.0 cm³/mol. The van der Waals surface area contributed by atoms with Gasteiger partial charge in [0, 0.05) is 17.3 Å². The van der Waals surface area contributed by atoms with Gasteiger partial charge in [0.05, 0.1) is 6.04 Å². The smallest absolute Gasteiger partial charge is 0.171 e. The van der Waals surface area contributed by atoms with Crippen molar-refractivity contribution in [3.8, 4) is 0 Å².